The molecule has 0 atom stereocenters. The van der Waals surface area contributed by atoms with Crippen LogP contribution in [0.4, 0.5) is 11.5 Å². The Balaban J connectivity index is 1.67. The fourth-order valence-electron chi connectivity index (χ4n) is 5.45. The summed E-state index contributed by atoms with van der Waals surface area (Å²) in [7, 11) is 2.26. The number of nitrogen functional groups attached to an aromatic ring is 1. The molecule has 20 heavy (non-hydrogen) atoms. The van der Waals surface area contributed by atoms with E-state index >= 15 is 0 Å². The number of hydrogen-bond donors (Lipinski definition) is 1. The molecule has 1 aromatic rings. The summed E-state index contributed by atoms with van der Waals surface area (Å²) in [5.41, 5.74) is 8.24. The molecule has 0 amide bonds. The highest BCUT2D eigenvalue weighted by Gasteiger charge is 2.53. The van der Waals surface area contributed by atoms with Crippen LogP contribution in [0.3, 0.4) is 0 Å². The molecule has 4 aliphatic rings. The Hall–Kier alpha value is -1.25. The zero-order chi connectivity index (χ0) is 13.9. The van der Waals surface area contributed by atoms with E-state index in [2.05, 4.69) is 29.9 Å². The van der Waals surface area contributed by atoms with E-state index in [9.17, 15) is 0 Å². The molecule has 4 aliphatic carbocycles. The molecule has 5 rings (SSSR count). The molecule has 0 spiro atoms. The molecular formula is C17H25N3. The summed E-state index contributed by atoms with van der Waals surface area (Å²) < 4.78 is 0. The molecule has 1 heterocycles. The first-order valence-corrected chi connectivity index (χ1v) is 8.02. The van der Waals surface area contributed by atoms with Gasteiger partial charge in [-0.05, 0) is 74.8 Å². The first kappa shape index (κ1) is 12.5. The Kier molecular flexibility index (Phi) is 2.57. The quantitative estimate of drug-likeness (QED) is 0.896. The standard InChI is InChI=1S/C17H25N3/c1-11-3-16(19-10-15(11)18)20(2)17-7-12-4-13(8-17)6-14(5-12)9-17/h3,10,12-14H,4-9,18H2,1-2H3. The SMILES string of the molecule is Cc1cc(N(C)C23CC4CC(CC(C4)C2)C3)ncc1N. The van der Waals surface area contributed by atoms with E-state index in [4.69, 9.17) is 5.73 Å². The van der Waals surface area contributed by atoms with Gasteiger partial charge in [0.1, 0.15) is 5.82 Å². The van der Waals surface area contributed by atoms with Crippen molar-refractivity contribution in [3.05, 3.63) is 17.8 Å². The highest BCUT2D eigenvalue weighted by molar-refractivity contribution is 5.53. The number of hydrogen-bond acceptors (Lipinski definition) is 3. The minimum atomic E-state index is 0.379. The molecule has 4 fully saturated rings. The van der Waals surface area contributed by atoms with E-state index in [0.29, 0.717) is 5.54 Å². The summed E-state index contributed by atoms with van der Waals surface area (Å²) in [6.07, 6.45) is 10.4. The second-order valence-electron chi connectivity index (χ2n) is 7.60. The van der Waals surface area contributed by atoms with Gasteiger partial charge in [0.25, 0.3) is 0 Å². The molecule has 4 saturated carbocycles. The van der Waals surface area contributed by atoms with Gasteiger partial charge in [-0.15, -0.1) is 0 Å². The average Bonchev–Trinajstić information content (AvgIpc) is 2.39. The van der Waals surface area contributed by atoms with Gasteiger partial charge in [-0.2, -0.15) is 0 Å². The number of nitrogens with zero attached hydrogens (tertiary/aromatic N) is 2. The lowest BCUT2D eigenvalue weighted by Crippen LogP contribution is -2.59. The Labute approximate surface area is 121 Å². The molecule has 3 heteroatoms. The summed E-state index contributed by atoms with van der Waals surface area (Å²) in [5.74, 6) is 4.02. The molecule has 0 radical (unpaired) electrons. The van der Waals surface area contributed by atoms with Crippen LogP contribution in [0.15, 0.2) is 12.3 Å². The highest BCUT2D eigenvalue weighted by atomic mass is 15.2. The zero-order valence-corrected chi connectivity index (χ0v) is 12.6. The number of anilines is 2. The fourth-order valence-corrected chi connectivity index (χ4v) is 5.45. The van der Waals surface area contributed by atoms with Gasteiger partial charge in [-0.3, -0.25) is 0 Å². The monoisotopic (exact) mass is 271 g/mol. The summed E-state index contributed by atoms with van der Waals surface area (Å²) in [6.45, 7) is 2.08. The summed E-state index contributed by atoms with van der Waals surface area (Å²) in [6, 6.07) is 2.16. The largest absolute Gasteiger partial charge is 0.397 e. The molecule has 108 valence electrons. The van der Waals surface area contributed by atoms with Crippen molar-refractivity contribution in [2.75, 3.05) is 17.7 Å². The predicted octanol–water partition coefficient (Wildman–Crippen LogP) is 3.38. The lowest BCUT2D eigenvalue weighted by atomic mass is 9.52. The van der Waals surface area contributed by atoms with Crippen molar-refractivity contribution in [3.63, 3.8) is 0 Å². The van der Waals surface area contributed by atoms with Crippen LogP contribution in [0.25, 0.3) is 0 Å². The minimum absolute atomic E-state index is 0.379. The van der Waals surface area contributed by atoms with Gasteiger partial charge in [0, 0.05) is 12.6 Å². The number of aromatic nitrogens is 1. The Morgan fingerprint density at radius 3 is 2.20 bits per heavy atom. The van der Waals surface area contributed by atoms with E-state index < -0.39 is 0 Å². The second kappa shape index (κ2) is 4.12. The third-order valence-electron chi connectivity index (χ3n) is 6.20. The molecule has 2 N–H and O–H groups in total. The van der Waals surface area contributed by atoms with E-state index in [-0.39, 0.29) is 0 Å². The first-order valence-electron chi connectivity index (χ1n) is 8.02. The molecule has 0 aromatic carbocycles. The van der Waals surface area contributed by atoms with Crippen LogP contribution in [-0.4, -0.2) is 17.6 Å². The number of nitrogens with two attached hydrogens (primary N) is 1. The molecule has 0 unspecified atom stereocenters. The van der Waals surface area contributed by atoms with E-state index in [1.807, 2.05) is 6.20 Å². The molecule has 0 aliphatic heterocycles. The van der Waals surface area contributed by atoms with Gasteiger partial charge >= 0.3 is 0 Å². The molecular weight excluding hydrogens is 246 g/mol. The first-order chi connectivity index (χ1) is 9.56. The third-order valence-corrected chi connectivity index (χ3v) is 6.20. The second-order valence-corrected chi connectivity index (χ2v) is 7.60. The topological polar surface area (TPSA) is 42.2 Å². The highest BCUT2D eigenvalue weighted by Crippen LogP contribution is 2.57. The summed E-state index contributed by atoms with van der Waals surface area (Å²) in [4.78, 5) is 7.09. The molecule has 3 nitrogen and oxygen atoms in total. The van der Waals surface area contributed by atoms with Gasteiger partial charge < -0.3 is 10.6 Å². The van der Waals surface area contributed by atoms with Crippen LogP contribution in [-0.2, 0) is 0 Å². The van der Waals surface area contributed by atoms with Gasteiger partial charge in [0.05, 0.1) is 11.9 Å². The van der Waals surface area contributed by atoms with Gasteiger partial charge in [-0.1, -0.05) is 0 Å². The predicted molar refractivity (Wildman–Crippen MR) is 82.7 cm³/mol. The van der Waals surface area contributed by atoms with E-state index in [1.165, 1.54) is 38.5 Å². The van der Waals surface area contributed by atoms with Crippen LogP contribution in [0, 0.1) is 24.7 Å². The van der Waals surface area contributed by atoms with Crippen molar-refractivity contribution >= 4 is 11.5 Å². The van der Waals surface area contributed by atoms with Gasteiger partial charge in [0.15, 0.2) is 0 Å². The Morgan fingerprint density at radius 2 is 1.70 bits per heavy atom. The van der Waals surface area contributed by atoms with E-state index in [0.717, 1.165) is 34.8 Å². The van der Waals surface area contributed by atoms with Gasteiger partial charge in [-0.25, -0.2) is 4.98 Å². The number of pyridine rings is 1. The Bertz CT molecular complexity index is 502. The maximum absolute atomic E-state index is 5.91. The normalized spacial score (nSPS) is 38.2. The van der Waals surface area contributed by atoms with Gasteiger partial charge in [0.2, 0.25) is 0 Å². The number of rotatable bonds is 2. The average molecular weight is 271 g/mol. The minimum Gasteiger partial charge on any atom is -0.397 e. The van der Waals surface area contributed by atoms with Crippen molar-refractivity contribution in [2.45, 2.75) is 51.0 Å². The van der Waals surface area contributed by atoms with Crippen molar-refractivity contribution in [3.8, 4) is 0 Å². The lowest BCUT2D eigenvalue weighted by molar-refractivity contribution is -0.00229. The van der Waals surface area contributed by atoms with Crippen molar-refractivity contribution in [2.24, 2.45) is 17.8 Å². The molecule has 0 saturated heterocycles. The zero-order valence-electron chi connectivity index (χ0n) is 12.6. The summed E-state index contributed by atoms with van der Waals surface area (Å²) >= 11 is 0. The summed E-state index contributed by atoms with van der Waals surface area (Å²) in [5, 5.41) is 0. The number of aryl methyl sites for hydroxylation is 1. The maximum atomic E-state index is 5.91. The van der Waals surface area contributed by atoms with Crippen LogP contribution in [0.2, 0.25) is 0 Å². The maximum Gasteiger partial charge on any atom is 0.129 e. The van der Waals surface area contributed by atoms with E-state index in [1.54, 1.807) is 0 Å². The molecule has 4 bridgehead atoms. The van der Waals surface area contributed by atoms with Crippen LogP contribution < -0.4 is 10.6 Å². The van der Waals surface area contributed by atoms with Crippen LogP contribution in [0.1, 0.15) is 44.1 Å². The smallest absolute Gasteiger partial charge is 0.129 e. The third kappa shape index (κ3) is 1.75. The van der Waals surface area contributed by atoms with Crippen molar-refractivity contribution in [1.82, 2.24) is 4.98 Å². The Morgan fingerprint density at radius 1 is 1.15 bits per heavy atom. The molecule has 1 aromatic heterocycles. The van der Waals surface area contributed by atoms with Crippen LogP contribution in [0.5, 0.6) is 0 Å². The van der Waals surface area contributed by atoms with Crippen LogP contribution >= 0.6 is 0 Å². The lowest BCUT2D eigenvalue weighted by Gasteiger charge is -2.60. The van der Waals surface area contributed by atoms with Crippen molar-refractivity contribution < 1.29 is 0 Å². The fraction of sp³-hybridized carbons (Fsp3) is 0.706. The van der Waals surface area contributed by atoms with Crippen molar-refractivity contribution in [1.29, 1.82) is 0 Å².